The average Bonchev–Trinajstić information content (AvgIpc) is 3.00. The smallest absolute Gasteiger partial charge is 0.338 e. The number of fused-ring (bicyclic) bond motifs is 1. The number of ether oxygens (including phenoxy) is 2. The first-order valence-corrected chi connectivity index (χ1v) is 8.32. The Kier molecular flexibility index (Phi) is 5.07. The number of anilines is 1. The maximum atomic E-state index is 12.6. The van der Waals surface area contributed by atoms with Crippen LogP contribution in [0.3, 0.4) is 0 Å². The number of rotatable bonds is 5. The van der Waals surface area contributed by atoms with Crippen molar-refractivity contribution in [2.45, 2.75) is 19.4 Å². The molecule has 0 aliphatic carbocycles. The number of hydrogen-bond acceptors (Lipinski definition) is 6. The van der Waals surface area contributed by atoms with Crippen molar-refractivity contribution in [2.24, 2.45) is 0 Å². The summed E-state index contributed by atoms with van der Waals surface area (Å²) in [7, 11) is 1.30. The fourth-order valence-electron chi connectivity index (χ4n) is 3.19. The highest BCUT2D eigenvalue weighted by atomic mass is 16.6. The Morgan fingerprint density at radius 1 is 1.26 bits per heavy atom. The first-order valence-electron chi connectivity index (χ1n) is 8.32. The van der Waals surface area contributed by atoms with E-state index in [0.717, 1.165) is 23.7 Å². The molecule has 1 aliphatic heterocycles. The minimum Gasteiger partial charge on any atom is -0.490 e. The van der Waals surface area contributed by atoms with Gasteiger partial charge >= 0.3 is 11.7 Å². The first-order chi connectivity index (χ1) is 12.9. The summed E-state index contributed by atoms with van der Waals surface area (Å²) < 4.78 is 9.98. The Morgan fingerprint density at radius 3 is 2.70 bits per heavy atom. The van der Waals surface area contributed by atoms with Crippen LogP contribution < -0.4 is 9.64 Å². The molecule has 1 aliphatic rings. The molecule has 1 heterocycles. The quantitative estimate of drug-likeness (QED) is 0.456. The molecule has 8 nitrogen and oxygen atoms in total. The van der Waals surface area contributed by atoms with Crippen LogP contribution in [0.5, 0.6) is 5.75 Å². The molecule has 1 unspecified atom stereocenters. The van der Waals surface area contributed by atoms with Gasteiger partial charge in [0.25, 0.3) is 5.91 Å². The van der Waals surface area contributed by atoms with Gasteiger partial charge in [0.15, 0.2) is 12.4 Å². The normalized spacial score (nSPS) is 15.2. The number of carbonyl (C=O) groups is 2. The van der Waals surface area contributed by atoms with Crippen molar-refractivity contribution in [2.75, 3.05) is 18.6 Å². The van der Waals surface area contributed by atoms with E-state index in [0.29, 0.717) is 0 Å². The van der Waals surface area contributed by atoms with Crippen LogP contribution in [-0.2, 0) is 16.0 Å². The fourth-order valence-corrected chi connectivity index (χ4v) is 3.19. The van der Waals surface area contributed by atoms with Crippen molar-refractivity contribution >= 4 is 23.3 Å². The van der Waals surface area contributed by atoms with Crippen LogP contribution in [-0.4, -0.2) is 36.6 Å². The van der Waals surface area contributed by atoms with Crippen LogP contribution >= 0.6 is 0 Å². The number of methoxy groups -OCH3 is 1. The van der Waals surface area contributed by atoms with Crippen molar-refractivity contribution in [3.63, 3.8) is 0 Å². The number of nitro benzene ring substituents is 1. The van der Waals surface area contributed by atoms with Gasteiger partial charge in [-0.25, -0.2) is 4.79 Å². The lowest BCUT2D eigenvalue weighted by Gasteiger charge is -2.22. The van der Waals surface area contributed by atoms with Gasteiger partial charge in [-0.2, -0.15) is 0 Å². The predicted octanol–water partition coefficient (Wildman–Crippen LogP) is 2.74. The van der Waals surface area contributed by atoms with Gasteiger partial charge in [-0.3, -0.25) is 14.9 Å². The molecule has 0 radical (unpaired) electrons. The van der Waals surface area contributed by atoms with Gasteiger partial charge in [-0.05, 0) is 37.1 Å². The number of benzene rings is 2. The lowest BCUT2D eigenvalue weighted by molar-refractivity contribution is -0.385. The van der Waals surface area contributed by atoms with Gasteiger partial charge in [-0.15, -0.1) is 0 Å². The third kappa shape index (κ3) is 3.59. The van der Waals surface area contributed by atoms with Crippen LogP contribution in [0, 0.1) is 10.1 Å². The topological polar surface area (TPSA) is 99.0 Å². The van der Waals surface area contributed by atoms with Crippen LogP contribution in [0.2, 0.25) is 0 Å². The van der Waals surface area contributed by atoms with E-state index in [2.05, 4.69) is 0 Å². The lowest BCUT2D eigenvalue weighted by atomic mass is 10.1. The summed E-state index contributed by atoms with van der Waals surface area (Å²) in [6.07, 6.45) is 0.737. The molecule has 2 aromatic carbocycles. The summed E-state index contributed by atoms with van der Waals surface area (Å²) in [6.45, 7) is 1.48. The summed E-state index contributed by atoms with van der Waals surface area (Å²) in [5, 5.41) is 11.1. The first kappa shape index (κ1) is 18.4. The van der Waals surface area contributed by atoms with Crippen molar-refractivity contribution in [1.82, 2.24) is 0 Å². The second kappa shape index (κ2) is 7.45. The van der Waals surface area contributed by atoms with Crippen molar-refractivity contribution in [3.8, 4) is 5.75 Å². The van der Waals surface area contributed by atoms with Crippen molar-refractivity contribution in [1.29, 1.82) is 0 Å². The molecule has 0 spiro atoms. The van der Waals surface area contributed by atoms with E-state index in [4.69, 9.17) is 9.47 Å². The molecule has 2 aromatic rings. The molecule has 140 valence electrons. The summed E-state index contributed by atoms with van der Waals surface area (Å²) in [4.78, 5) is 36.8. The van der Waals surface area contributed by atoms with Crippen LogP contribution in [0.25, 0.3) is 0 Å². The zero-order chi connectivity index (χ0) is 19.6. The fraction of sp³-hybridized carbons (Fsp3) is 0.263. The highest BCUT2D eigenvalue weighted by Gasteiger charge is 2.31. The standard InChI is InChI=1S/C19H18N2O6/c1-12-9-13-5-3-4-6-15(13)20(12)18(22)11-27-19(23)14-7-8-17(26-2)16(10-14)21(24)25/h3-8,10,12H,9,11H2,1-2H3. The van der Waals surface area contributed by atoms with E-state index >= 15 is 0 Å². The molecule has 0 saturated carbocycles. The van der Waals surface area contributed by atoms with Gasteiger partial charge in [0.05, 0.1) is 17.6 Å². The number of para-hydroxylation sites is 1. The minimum absolute atomic E-state index is 0.0230. The van der Waals surface area contributed by atoms with E-state index in [1.807, 2.05) is 31.2 Å². The Labute approximate surface area is 155 Å². The van der Waals surface area contributed by atoms with E-state index in [-0.39, 0.29) is 28.9 Å². The summed E-state index contributed by atoms with van der Waals surface area (Å²) >= 11 is 0. The second-order valence-corrected chi connectivity index (χ2v) is 6.17. The molecule has 0 bridgehead atoms. The molecular weight excluding hydrogens is 352 g/mol. The van der Waals surface area contributed by atoms with Crippen molar-refractivity contribution < 1.29 is 24.0 Å². The van der Waals surface area contributed by atoms with Gasteiger partial charge in [0.1, 0.15) is 0 Å². The Balaban J connectivity index is 1.70. The largest absolute Gasteiger partial charge is 0.490 e. The second-order valence-electron chi connectivity index (χ2n) is 6.17. The zero-order valence-electron chi connectivity index (χ0n) is 14.9. The number of nitrogens with zero attached hydrogens (tertiary/aromatic N) is 2. The minimum atomic E-state index is -0.811. The molecule has 0 aromatic heterocycles. The molecular formula is C19H18N2O6. The Bertz CT molecular complexity index is 911. The highest BCUT2D eigenvalue weighted by Crippen LogP contribution is 2.32. The number of esters is 1. The van der Waals surface area contributed by atoms with E-state index < -0.39 is 17.5 Å². The molecule has 1 atom stereocenters. The summed E-state index contributed by atoms with van der Waals surface area (Å²) in [5.74, 6) is -1.12. The maximum Gasteiger partial charge on any atom is 0.338 e. The molecule has 8 heteroatoms. The Hall–Kier alpha value is -3.42. The van der Waals surface area contributed by atoms with Gasteiger partial charge in [0, 0.05) is 17.8 Å². The molecule has 27 heavy (non-hydrogen) atoms. The average molecular weight is 370 g/mol. The van der Waals surface area contributed by atoms with E-state index in [1.54, 1.807) is 4.90 Å². The maximum absolute atomic E-state index is 12.6. The number of carbonyl (C=O) groups excluding carboxylic acids is 2. The zero-order valence-corrected chi connectivity index (χ0v) is 14.9. The number of amides is 1. The van der Waals surface area contributed by atoms with Crippen LogP contribution in [0.1, 0.15) is 22.8 Å². The lowest BCUT2D eigenvalue weighted by Crippen LogP contribution is -2.38. The number of hydrogen-bond donors (Lipinski definition) is 0. The number of nitro groups is 1. The van der Waals surface area contributed by atoms with Gasteiger partial charge in [0.2, 0.25) is 0 Å². The Morgan fingerprint density at radius 2 is 2.00 bits per heavy atom. The molecule has 0 N–H and O–H groups in total. The summed E-state index contributed by atoms with van der Waals surface area (Å²) in [6, 6.07) is 11.3. The van der Waals surface area contributed by atoms with E-state index in [1.165, 1.54) is 19.2 Å². The van der Waals surface area contributed by atoms with Crippen LogP contribution in [0.15, 0.2) is 42.5 Å². The molecule has 1 amide bonds. The van der Waals surface area contributed by atoms with Crippen LogP contribution in [0.4, 0.5) is 11.4 Å². The monoisotopic (exact) mass is 370 g/mol. The van der Waals surface area contributed by atoms with E-state index in [9.17, 15) is 19.7 Å². The van der Waals surface area contributed by atoms with Crippen molar-refractivity contribution in [3.05, 3.63) is 63.7 Å². The molecule has 0 saturated heterocycles. The molecule has 3 rings (SSSR count). The molecule has 0 fully saturated rings. The predicted molar refractivity (Wildman–Crippen MR) is 97.0 cm³/mol. The van der Waals surface area contributed by atoms with Gasteiger partial charge in [-0.1, -0.05) is 18.2 Å². The SMILES string of the molecule is COc1ccc(C(=O)OCC(=O)N2c3ccccc3CC2C)cc1[N+](=O)[O-]. The summed E-state index contributed by atoms with van der Waals surface area (Å²) in [5.41, 5.74) is 1.51. The third-order valence-electron chi connectivity index (χ3n) is 4.41. The van der Waals surface area contributed by atoms with Gasteiger partial charge < -0.3 is 14.4 Å². The highest BCUT2D eigenvalue weighted by molar-refractivity contribution is 5.99. The third-order valence-corrected chi connectivity index (χ3v) is 4.41.